The van der Waals surface area contributed by atoms with Crippen molar-refractivity contribution in [1.82, 2.24) is 0 Å². The molecule has 0 bridgehead atoms. The summed E-state index contributed by atoms with van der Waals surface area (Å²) in [5.41, 5.74) is 16.1. The number of fused-ring (bicyclic) bond motifs is 7. The second kappa shape index (κ2) is 14.3. The van der Waals surface area contributed by atoms with Gasteiger partial charge in [-0.05, 0) is 140 Å². The first-order chi connectivity index (χ1) is 30.2. The van der Waals surface area contributed by atoms with Crippen LogP contribution in [0.3, 0.4) is 0 Å². The van der Waals surface area contributed by atoms with E-state index in [-0.39, 0.29) is 0 Å². The lowest BCUT2D eigenvalue weighted by atomic mass is 9.97. The molecule has 0 N–H and O–H groups in total. The minimum atomic E-state index is 0.895. The van der Waals surface area contributed by atoms with Gasteiger partial charge in [0.2, 0.25) is 0 Å². The third-order valence-corrected chi connectivity index (χ3v) is 12.1. The smallest absolute Gasteiger partial charge is 0.136 e. The second-order valence-corrected chi connectivity index (χ2v) is 15.7. The van der Waals surface area contributed by atoms with Crippen LogP contribution in [0.5, 0.6) is 0 Å². The Morgan fingerprint density at radius 2 is 0.607 bits per heavy atom. The molecule has 0 aliphatic rings. The van der Waals surface area contributed by atoms with Crippen LogP contribution in [0.2, 0.25) is 0 Å². The van der Waals surface area contributed by atoms with Crippen LogP contribution >= 0.6 is 0 Å². The summed E-state index contributed by atoms with van der Waals surface area (Å²) >= 11 is 0. The zero-order chi connectivity index (χ0) is 40.3. The van der Waals surface area contributed by atoms with E-state index >= 15 is 0 Å². The van der Waals surface area contributed by atoms with Gasteiger partial charge in [-0.3, -0.25) is 0 Å². The number of benzene rings is 10. The van der Waals surface area contributed by atoms with Gasteiger partial charge in [-0.1, -0.05) is 140 Å². The molecule has 0 spiro atoms. The van der Waals surface area contributed by atoms with Gasteiger partial charge in [-0.2, -0.15) is 0 Å². The predicted molar refractivity (Wildman–Crippen MR) is 255 cm³/mol. The van der Waals surface area contributed by atoms with Crippen molar-refractivity contribution in [2.75, 3.05) is 4.90 Å². The molecular formula is C58H37NO2. The summed E-state index contributed by atoms with van der Waals surface area (Å²) in [7, 11) is 0. The van der Waals surface area contributed by atoms with Crippen LogP contribution in [-0.4, -0.2) is 0 Å². The van der Waals surface area contributed by atoms with Crippen LogP contribution in [0.15, 0.2) is 233 Å². The van der Waals surface area contributed by atoms with Gasteiger partial charge >= 0.3 is 0 Å². The van der Waals surface area contributed by atoms with E-state index in [1.165, 1.54) is 33.0 Å². The van der Waals surface area contributed by atoms with Crippen molar-refractivity contribution in [3.63, 3.8) is 0 Å². The molecule has 0 saturated carbocycles. The number of nitrogens with zero attached hydrogens (tertiary/aromatic N) is 1. The van der Waals surface area contributed by atoms with Crippen LogP contribution < -0.4 is 4.90 Å². The minimum Gasteiger partial charge on any atom is -0.456 e. The van der Waals surface area contributed by atoms with Gasteiger partial charge in [0.05, 0.1) is 0 Å². The van der Waals surface area contributed by atoms with Crippen LogP contribution in [0.1, 0.15) is 0 Å². The quantitative estimate of drug-likeness (QED) is 0.161. The first kappa shape index (κ1) is 34.9. The molecule has 0 radical (unpaired) electrons. The van der Waals surface area contributed by atoms with Crippen LogP contribution in [0.4, 0.5) is 17.1 Å². The Morgan fingerprint density at radius 3 is 1.13 bits per heavy atom. The molecule has 0 saturated heterocycles. The SMILES string of the molecule is c1cc(-c2ccc(N(c3ccc(-c4ccc5c(c4)oc4ccccc45)cc3)c3ccc(-c4ccc5c(c4)oc4ccccc45)cc3)cc2)cc(-c2ccc3ccccc3c2)c1. The summed E-state index contributed by atoms with van der Waals surface area (Å²) in [5.74, 6) is 0. The van der Waals surface area contributed by atoms with Crippen LogP contribution in [-0.2, 0) is 0 Å². The first-order valence-electron chi connectivity index (χ1n) is 20.7. The van der Waals surface area contributed by atoms with Gasteiger partial charge in [-0.25, -0.2) is 0 Å². The zero-order valence-electron chi connectivity index (χ0n) is 33.1. The van der Waals surface area contributed by atoms with Crippen molar-refractivity contribution in [3.05, 3.63) is 224 Å². The summed E-state index contributed by atoms with van der Waals surface area (Å²) in [4.78, 5) is 2.33. The molecule has 0 amide bonds. The monoisotopic (exact) mass is 779 g/mol. The number of hydrogen-bond donors (Lipinski definition) is 0. The topological polar surface area (TPSA) is 29.5 Å². The second-order valence-electron chi connectivity index (χ2n) is 15.7. The van der Waals surface area contributed by atoms with Gasteiger partial charge in [-0.15, -0.1) is 0 Å². The van der Waals surface area contributed by atoms with Crippen molar-refractivity contribution < 1.29 is 8.83 Å². The molecule has 2 heterocycles. The highest BCUT2D eigenvalue weighted by atomic mass is 16.3. The molecule has 3 nitrogen and oxygen atoms in total. The van der Waals surface area contributed by atoms with E-state index in [0.29, 0.717) is 0 Å². The van der Waals surface area contributed by atoms with Crippen LogP contribution in [0.25, 0.3) is 99.2 Å². The normalized spacial score (nSPS) is 11.6. The molecule has 3 heteroatoms. The average molecular weight is 780 g/mol. The molecule has 0 aliphatic heterocycles. The van der Waals surface area contributed by atoms with Crippen molar-refractivity contribution in [2.24, 2.45) is 0 Å². The predicted octanol–water partition coefficient (Wildman–Crippen LogP) is 16.8. The largest absolute Gasteiger partial charge is 0.456 e. The highest BCUT2D eigenvalue weighted by Crippen LogP contribution is 2.40. The highest BCUT2D eigenvalue weighted by Gasteiger charge is 2.16. The fourth-order valence-electron chi connectivity index (χ4n) is 8.91. The Kier molecular flexibility index (Phi) is 8.17. The maximum absolute atomic E-state index is 6.24. The Bertz CT molecular complexity index is 3420. The zero-order valence-corrected chi connectivity index (χ0v) is 33.1. The Morgan fingerprint density at radius 1 is 0.230 bits per heavy atom. The maximum atomic E-state index is 6.24. The third-order valence-electron chi connectivity index (χ3n) is 12.1. The molecule has 61 heavy (non-hydrogen) atoms. The highest BCUT2D eigenvalue weighted by molar-refractivity contribution is 6.07. The fraction of sp³-hybridized carbons (Fsp3) is 0. The summed E-state index contributed by atoms with van der Waals surface area (Å²) in [5, 5.41) is 7.04. The fourth-order valence-corrected chi connectivity index (χ4v) is 8.91. The number of para-hydroxylation sites is 2. The van der Waals surface area contributed by atoms with Crippen molar-refractivity contribution >= 4 is 71.7 Å². The summed E-state index contributed by atoms with van der Waals surface area (Å²) in [6.45, 7) is 0. The van der Waals surface area contributed by atoms with Gasteiger partial charge < -0.3 is 13.7 Å². The van der Waals surface area contributed by atoms with E-state index in [0.717, 1.165) is 83.2 Å². The molecular weight excluding hydrogens is 743 g/mol. The number of hydrogen-bond acceptors (Lipinski definition) is 3. The maximum Gasteiger partial charge on any atom is 0.136 e. The standard InChI is InChI=1S/C58H37NO2/c1-2-9-42-35-45(17-16-38(42)8-1)44-11-7-10-43(34-44)39-18-26-48(27-19-39)59(49-28-20-40(21-29-49)46-24-32-53-51-12-3-5-14-55(51)60-57(53)36-46)50-30-22-41(23-31-50)47-25-33-54-52-13-4-6-15-56(52)61-58(54)37-47/h1-37H. The van der Waals surface area contributed by atoms with E-state index in [1.54, 1.807) is 0 Å². The molecule has 286 valence electrons. The molecule has 2 aromatic heterocycles. The molecule has 12 aromatic rings. The molecule has 10 aromatic carbocycles. The Labute approximate surface area is 353 Å². The lowest BCUT2D eigenvalue weighted by Crippen LogP contribution is -2.09. The third kappa shape index (κ3) is 6.23. The molecule has 0 unspecified atom stereocenters. The number of furan rings is 2. The van der Waals surface area contributed by atoms with Gasteiger partial charge in [0.25, 0.3) is 0 Å². The van der Waals surface area contributed by atoms with E-state index in [1.807, 2.05) is 24.3 Å². The first-order valence-corrected chi connectivity index (χ1v) is 20.7. The molecule has 0 aliphatic carbocycles. The average Bonchev–Trinajstić information content (AvgIpc) is 3.90. The van der Waals surface area contributed by atoms with Gasteiger partial charge in [0.1, 0.15) is 22.3 Å². The summed E-state index contributed by atoms with van der Waals surface area (Å²) < 4.78 is 12.5. The summed E-state index contributed by atoms with van der Waals surface area (Å²) in [6.07, 6.45) is 0. The molecule has 0 fully saturated rings. The van der Waals surface area contributed by atoms with Gasteiger partial charge in [0.15, 0.2) is 0 Å². The van der Waals surface area contributed by atoms with E-state index in [2.05, 4.69) is 205 Å². The van der Waals surface area contributed by atoms with E-state index < -0.39 is 0 Å². The Balaban J connectivity index is 0.896. The van der Waals surface area contributed by atoms with Crippen molar-refractivity contribution in [1.29, 1.82) is 0 Å². The number of rotatable bonds is 7. The minimum absolute atomic E-state index is 0.895. The lowest BCUT2D eigenvalue weighted by molar-refractivity contribution is 0.668. The van der Waals surface area contributed by atoms with E-state index in [9.17, 15) is 0 Å². The molecule has 12 rings (SSSR count). The Hall–Kier alpha value is -8.14. The van der Waals surface area contributed by atoms with Crippen molar-refractivity contribution in [2.45, 2.75) is 0 Å². The van der Waals surface area contributed by atoms with Crippen LogP contribution in [0, 0.1) is 0 Å². The van der Waals surface area contributed by atoms with E-state index in [4.69, 9.17) is 8.83 Å². The van der Waals surface area contributed by atoms with Crippen molar-refractivity contribution in [3.8, 4) is 44.5 Å². The molecule has 0 atom stereocenters. The summed E-state index contributed by atoms with van der Waals surface area (Å²) in [6, 6.07) is 80.1. The lowest BCUT2D eigenvalue weighted by Gasteiger charge is -2.26. The van der Waals surface area contributed by atoms with Gasteiger partial charge in [0, 0.05) is 38.6 Å². The number of anilines is 3.